The zero-order valence-corrected chi connectivity index (χ0v) is 21.0. The molecule has 1 aliphatic heterocycles. The Kier molecular flexibility index (Phi) is 5.90. The van der Waals surface area contributed by atoms with E-state index in [9.17, 15) is 14.4 Å². The Labute approximate surface area is 200 Å². The third-order valence-electron chi connectivity index (χ3n) is 6.34. The Hall–Kier alpha value is -3.03. The average Bonchev–Trinajstić information content (AvgIpc) is 3.10. The fourth-order valence-corrected chi connectivity index (χ4v) is 5.13. The standard InChI is InChI=1S/C26H34N2O6/c1-25(2,3)33-23(30)27-13-15-12-20-18(17-9-8-10-19(27)21(15)17)11-16(22(29)32-7)14-28(20)24(31)34-26(4,5)6/h8-10,13,16,18,20H,11-12,14H2,1-7H3/t16?,18-,20-/m1/s1. The summed E-state index contributed by atoms with van der Waals surface area (Å²) in [6.07, 6.45) is 2.05. The van der Waals surface area contributed by atoms with Crippen LogP contribution < -0.4 is 0 Å². The van der Waals surface area contributed by atoms with Crippen LogP contribution in [0.25, 0.3) is 10.9 Å². The highest BCUT2D eigenvalue weighted by Gasteiger charge is 2.46. The molecule has 3 atom stereocenters. The van der Waals surface area contributed by atoms with Crippen LogP contribution in [0.2, 0.25) is 0 Å². The van der Waals surface area contributed by atoms with Crippen LogP contribution in [0.4, 0.5) is 9.59 Å². The van der Waals surface area contributed by atoms with E-state index in [1.54, 1.807) is 9.47 Å². The van der Waals surface area contributed by atoms with Gasteiger partial charge in [0.1, 0.15) is 11.2 Å². The zero-order chi connectivity index (χ0) is 25.0. The zero-order valence-electron chi connectivity index (χ0n) is 21.0. The molecule has 1 aromatic heterocycles. The van der Waals surface area contributed by atoms with Crippen molar-refractivity contribution < 1.29 is 28.6 Å². The third-order valence-corrected chi connectivity index (χ3v) is 6.34. The molecule has 0 saturated carbocycles. The number of rotatable bonds is 1. The molecule has 1 saturated heterocycles. The summed E-state index contributed by atoms with van der Waals surface area (Å²) < 4.78 is 17.9. The van der Waals surface area contributed by atoms with Gasteiger partial charge in [-0.15, -0.1) is 0 Å². The summed E-state index contributed by atoms with van der Waals surface area (Å²) >= 11 is 0. The fraction of sp³-hybridized carbons (Fsp3) is 0.577. The number of esters is 1. The van der Waals surface area contributed by atoms with Crippen molar-refractivity contribution in [1.29, 1.82) is 0 Å². The summed E-state index contributed by atoms with van der Waals surface area (Å²) in [5.41, 5.74) is 1.48. The number of hydrogen-bond donors (Lipinski definition) is 0. The van der Waals surface area contributed by atoms with E-state index in [1.807, 2.05) is 65.9 Å². The molecule has 1 aromatic carbocycles. The number of fused-ring (bicyclic) bond motifs is 2. The second-order valence-electron chi connectivity index (χ2n) is 11.2. The molecule has 34 heavy (non-hydrogen) atoms. The number of aromatic nitrogens is 1. The number of carbonyl (C=O) groups is 3. The molecule has 2 aliphatic rings. The average molecular weight is 471 g/mol. The number of amides is 1. The number of benzene rings is 1. The van der Waals surface area contributed by atoms with E-state index in [2.05, 4.69) is 0 Å². The predicted molar refractivity (Wildman–Crippen MR) is 127 cm³/mol. The van der Waals surface area contributed by atoms with Crippen LogP contribution in [-0.4, -0.2) is 58.5 Å². The van der Waals surface area contributed by atoms with Crippen molar-refractivity contribution in [2.45, 2.75) is 77.5 Å². The number of likely N-dealkylation sites (tertiary alicyclic amines) is 1. The number of piperidine rings is 1. The summed E-state index contributed by atoms with van der Waals surface area (Å²) in [5.74, 6) is -0.879. The number of ether oxygens (including phenoxy) is 3. The Morgan fingerprint density at radius 3 is 2.24 bits per heavy atom. The van der Waals surface area contributed by atoms with Gasteiger partial charge in [-0.2, -0.15) is 0 Å². The second-order valence-corrected chi connectivity index (χ2v) is 11.2. The normalized spacial score (nSPS) is 22.2. The summed E-state index contributed by atoms with van der Waals surface area (Å²) in [7, 11) is 1.37. The topological polar surface area (TPSA) is 87.1 Å². The van der Waals surface area contributed by atoms with Gasteiger partial charge < -0.3 is 19.1 Å². The van der Waals surface area contributed by atoms with Crippen LogP contribution in [-0.2, 0) is 25.4 Å². The van der Waals surface area contributed by atoms with Gasteiger partial charge in [-0.05, 0) is 71.6 Å². The van der Waals surface area contributed by atoms with E-state index in [1.165, 1.54) is 7.11 Å². The molecule has 0 bridgehead atoms. The molecule has 1 unspecified atom stereocenters. The molecule has 0 N–H and O–H groups in total. The minimum absolute atomic E-state index is 0.0870. The number of methoxy groups -OCH3 is 1. The van der Waals surface area contributed by atoms with E-state index in [0.717, 1.165) is 22.0 Å². The molecule has 184 valence electrons. The van der Waals surface area contributed by atoms with E-state index < -0.39 is 29.3 Å². The van der Waals surface area contributed by atoms with Gasteiger partial charge in [-0.25, -0.2) is 9.59 Å². The third kappa shape index (κ3) is 4.50. The van der Waals surface area contributed by atoms with Crippen LogP contribution in [0.15, 0.2) is 24.4 Å². The molecule has 1 amide bonds. The SMILES string of the molecule is COC(=O)C1C[C@@H]2c3cccc4c3c(cn4C(=O)OC(C)(C)C)C[C@H]2N(C(=O)OC(C)(C)C)C1. The van der Waals surface area contributed by atoms with Crippen molar-refractivity contribution in [2.24, 2.45) is 5.92 Å². The smallest absolute Gasteiger partial charge is 0.419 e. The maximum absolute atomic E-state index is 13.2. The van der Waals surface area contributed by atoms with Gasteiger partial charge in [-0.3, -0.25) is 9.36 Å². The molecule has 1 fully saturated rings. The molecular weight excluding hydrogens is 436 g/mol. The first-order chi connectivity index (χ1) is 15.8. The Balaban J connectivity index is 1.78. The fourth-order valence-electron chi connectivity index (χ4n) is 5.13. The summed E-state index contributed by atoms with van der Waals surface area (Å²) in [4.78, 5) is 40.4. The quantitative estimate of drug-likeness (QED) is 0.437. The van der Waals surface area contributed by atoms with Gasteiger partial charge in [0.25, 0.3) is 0 Å². The van der Waals surface area contributed by atoms with Gasteiger partial charge >= 0.3 is 18.2 Å². The van der Waals surface area contributed by atoms with Gasteiger partial charge in [0.15, 0.2) is 0 Å². The van der Waals surface area contributed by atoms with Crippen molar-refractivity contribution in [3.63, 3.8) is 0 Å². The van der Waals surface area contributed by atoms with Gasteiger partial charge in [-0.1, -0.05) is 12.1 Å². The van der Waals surface area contributed by atoms with E-state index >= 15 is 0 Å². The molecule has 0 radical (unpaired) electrons. The highest BCUT2D eigenvalue weighted by atomic mass is 16.6. The first-order valence-electron chi connectivity index (χ1n) is 11.7. The first-order valence-corrected chi connectivity index (χ1v) is 11.7. The molecule has 0 spiro atoms. The molecule has 1 aliphatic carbocycles. The first kappa shape index (κ1) is 24.1. The lowest BCUT2D eigenvalue weighted by molar-refractivity contribution is -0.148. The Morgan fingerprint density at radius 1 is 0.971 bits per heavy atom. The maximum atomic E-state index is 13.2. The van der Waals surface area contributed by atoms with Crippen LogP contribution in [0.3, 0.4) is 0 Å². The maximum Gasteiger partial charge on any atom is 0.419 e. The van der Waals surface area contributed by atoms with Gasteiger partial charge in [0.2, 0.25) is 0 Å². The van der Waals surface area contributed by atoms with E-state index in [4.69, 9.17) is 14.2 Å². The summed E-state index contributed by atoms with van der Waals surface area (Å²) in [5, 5.41) is 0.990. The molecular formula is C26H34N2O6. The van der Waals surface area contributed by atoms with Crippen LogP contribution >= 0.6 is 0 Å². The lowest BCUT2D eigenvalue weighted by Crippen LogP contribution is -2.55. The van der Waals surface area contributed by atoms with Gasteiger partial charge in [0, 0.05) is 30.1 Å². The Bertz CT molecular complexity index is 1140. The van der Waals surface area contributed by atoms with Crippen molar-refractivity contribution in [2.75, 3.05) is 13.7 Å². The Morgan fingerprint density at radius 2 is 1.62 bits per heavy atom. The minimum Gasteiger partial charge on any atom is -0.469 e. The lowest BCUT2D eigenvalue weighted by atomic mass is 9.72. The van der Waals surface area contributed by atoms with Crippen molar-refractivity contribution >= 4 is 29.1 Å². The predicted octanol–water partition coefficient (Wildman–Crippen LogP) is 4.86. The van der Waals surface area contributed by atoms with Crippen LogP contribution in [0.5, 0.6) is 0 Å². The summed E-state index contributed by atoms with van der Waals surface area (Å²) in [6, 6.07) is 5.64. The van der Waals surface area contributed by atoms with Crippen LogP contribution in [0, 0.1) is 5.92 Å². The number of nitrogens with zero attached hydrogens (tertiary/aromatic N) is 2. The second kappa shape index (κ2) is 8.32. The number of hydrogen-bond acceptors (Lipinski definition) is 6. The number of carbonyl (C=O) groups excluding carboxylic acids is 3. The molecule has 8 heteroatoms. The largest absolute Gasteiger partial charge is 0.469 e. The summed E-state index contributed by atoms with van der Waals surface area (Å²) in [6.45, 7) is 11.2. The molecule has 2 aromatic rings. The van der Waals surface area contributed by atoms with Gasteiger partial charge in [0.05, 0.1) is 18.5 Å². The molecule has 2 heterocycles. The lowest BCUT2D eigenvalue weighted by Gasteiger charge is -2.46. The van der Waals surface area contributed by atoms with E-state index in [0.29, 0.717) is 12.8 Å². The van der Waals surface area contributed by atoms with Crippen LogP contribution in [0.1, 0.15) is 65.0 Å². The van der Waals surface area contributed by atoms with Crippen molar-refractivity contribution in [1.82, 2.24) is 9.47 Å². The van der Waals surface area contributed by atoms with Crippen molar-refractivity contribution in [3.8, 4) is 0 Å². The highest BCUT2D eigenvalue weighted by Crippen LogP contribution is 2.46. The highest BCUT2D eigenvalue weighted by molar-refractivity contribution is 5.95. The van der Waals surface area contributed by atoms with Crippen molar-refractivity contribution in [3.05, 3.63) is 35.5 Å². The molecule has 4 rings (SSSR count). The monoisotopic (exact) mass is 470 g/mol. The minimum atomic E-state index is -0.662. The van der Waals surface area contributed by atoms with E-state index in [-0.39, 0.29) is 24.5 Å². The molecule has 8 nitrogen and oxygen atoms in total.